The molecule has 1 atom stereocenters. The van der Waals surface area contributed by atoms with E-state index in [9.17, 15) is 4.21 Å². The fourth-order valence-corrected chi connectivity index (χ4v) is 1.84. The van der Waals surface area contributed by atoms with Gasteiger partial charge in [-0.25, -0.2) is 8.51 Å². The van der Waals surface area contributed by atoms with E-state index in [0.717, 1.165) is 11.3 Å². The van der Waals surface area contributed by atoms with Crippen LogP contribution in [0.4, 0.5) is 0 Å². The van der Waals surface area contributed by atoms with Crippen LogP contribution < -0.4 is 0 Å². The van der Waals surface area contributed by atoms with Crippen LogP contribution in [0.2, 0.25) is 0 Å². The Morgan fingerprint density at radius 2 is 1.77 bits per heavy atom. The molecule has 3 heteroatoms. The molecule has 1 aromatic rings. The van der Waals surface area contributed by atoms with Crippen LogP contribution in [-0.4, -0.2) is 22.6 Å². The molecule has 1 unspecified atom stereocenters. The van der Waals surface area contributed by atoms with E-state index in [1.165, 1.54) is 5.56 Å². The Balaban J connectivity index is 2.86. The lowest BCUT2D eigenvalue weighted by Crippen LogP contribution is -2.15. The van der Waals surface area contributed by atoms with Gasteiger partial charge < -0.3 is 0 Å². The summed E-state index contributed by atoms with van der Waals surface area (Å²) in [6.45, 7) is 2.11. The lowest BCUT2D eigenvalue weighted by atomic mass is 10.2. The van der Waals surface area contributed by atoms with Crippen molar-refractivity contribution in [1.29, 1.82) is 0 Å². The van der Waals surface area contributed by atoms with Crippen molar-refractivity contribution in [1.82, 2.24) is 4.31 Å². The Hall–Kier alpha value is -0.670. The number of aryl methyl sites for hydroxylation is 1. The Bertz CT molecular complexity index is 292. The van der Waals surface area contributed by atoms with Crippen LogP contribution in [0.15, 0.2) is 29.2 Å². The second-order valence-electron chi connectivity index (χ2n) is 3.06. The van der Waals surface area contributed by atoms with Crippen LogP contribution in [-0.2, 0) is 17.4 Å². The third kappa shape index (κ3) is 2.64. The summed E-state index contributed by atoms with van der Waals surface area (Å²) in [5, 5.41) is 0. The van der Waals surface area contributed by atoms with Crippen molar-refractivity contribution in [2.75, 3.05) is 14.1 Å². The minimum atomic E-state index is -1.01. The van der Waals surface area contributed by atoms with E-state index in [1.807, 2.05) is 38.4 Å². The van der Waals surface area contributed by atoms with Gasteiger partial charge in [-0.1, -0.05) is 19.1 Å². The van der Waals surface area contributed by atoms with Crippen molar-refractivity contribution in [3.63, 3.8) is 0 Å². The highest BCUT2D eigenvalue weighted by molar-refractivity contribution is 7.82. The SMILES string of the molecule is CCc1ccc(S(=O)N(C)C)cc1. The Labute approximate surface area is 82.2 Å². The van der Waals surface area contributed by atoms with Crippen molar-refractivity contribution in [3.05, 3.63) is 29.8 Å². The molecular weight excluding hydrogens is 182 g/mol. The molecule has 1 rings (SSSR count). The third-order valence-electron chi connectivity index (χ3n) is 1.86. The average Bonchev–Trinajstić information content (AvgIpc) is 2.17. The van der Waals surface area contributed by atoms with Crippen LogP contribution in [0, 0.1) is 0 Å². The van der Waals surface area contributed by atoms with Gasteiger partial charge in [0.1, 0.15) is 11.0 Å². The summed E-state index contributed by atoms with van der Waals surface area (Å²) in [6.07, 6.45) is 1.02. The number of rotatable bonds is 3. The summed E-state index contributed by atoms with van der Waals surface area (Å²) in [4.78, 5) is 0.863. The second kappa shape index (κ2) is 4.53. The number of nitrogens with zero attached hydrogens (tertiary/aromatic N) is 1. The predicted octanol–water partition coefficient (Wildman–Crippen LogP) is 1.83. The molecule has 0 heterocycles. The van der Waals surface area contributed by atoms with Crippen molar-refractivity contribution < 1.29 is 4.21 Å². The van der Waals surface area contributed by atoms with E-state index >= 15 is 0 Å². The molecule has 0 N–H and O–H groups in total. The Morgan fingerprint density at radius 3 is 2.15 bits per heavy atom. The molecule has 0 fully saturated rings. The molecule has 13 heavy (non-hydrogen) atoms. The Morgan fingerprint density at radius 1 is 1.23 bits per heavy atom. The highest BCUT2D eigenvalue weighted by atomic mass is 32.2. The lowest BCUT2D eigenvalue weighted by molar-refractivity contribution is 0.603. The van der Waals surface area contributed by atoms with Gasteiger partial charge in [-0.05, 0) is 38.2 Å². The number of hydrogen-bond acceptors (Lipinski definition) is 1. The van der Waals surface area contributed by atoms with Gasteiger partial charge in [0.15, 0.2) is 0 Å². The Kier molecular flexibility index (Phi) is 3.63. The van der Waals surface area contributed by atoms with Gasteiger partial charge in [0.05, 0.1) is 4.90 Å². The van der Waals surface area contributed by atoms with Gasteiger partial charge in [0.25, 0.3) is 0 Å². The maximum atomic E-state index is 11.6. The topological polar surface area (TPSA) is 20.3 Å². The summed E-state index contributed by atoms with van der Waals surface area (Å²) in [6, 6.07) is 7.90. The largest absolute Gasteiger partial charge is 0.237 e. The summed E-state index contributed by atoms with van der Waals surface area (Å²) in [7, 11) is 2.61. The van der Waals surface area contributed by atoms with Crippen LogP contribution >= 0.6 is 0 Å². The standard InChI is InChI=1S/C10H15NOS/c1-4-9-5-7-10(8-6-9)13(12)11(2)3/h5-8H,4H2,1-3H3. The maximum absolute atomic E-state index is 11.6. The summed E-state index contributed by atoms with van der Waals surface area (Å²) in [5.41, 5.74) is 1.28. The van der Waals surface area contributed by atoms with Crippen LogP contribution in [0.1, 0.15) is 12.5 Å². The molecule has 72 valence electrons. The van der Waals surface area contributed by atoms with E-state index in [-0.39, 0.29) is 0 Å². The van der Waals surface area contributed by atoms with E-state index in [0.29, 0.717) is 0 Å². The molecule has 0 aliphatic heterocycles. The first-order valence-corrected chi connectivity index (χ1v) is 5.44. The predicted molar refractivity (Wildman–Crippen MR) is 55.9 cm³/mol. The first-order valence-electron chi connectivity index (χ1n) is 4.33. The van der Waals surface area contributed by atoms with Gasteiger partial charge in [0.2, 0.25) is 0 Å². The minimum absolute atomic E-state index is 0.863. The molecule has 0 aliphatic carbocycles. The minimum Gasteiger partial charge on any atom is -0.237 e. The smallest absolute Gasteiger partial charge is 0.127 e. The monoisotopic (exact) mass is 197 g/mol. The normalized spacial score (nSPS) is 13.2. The second-order valence-corrected chi connectivity index (χ2v) is 4.76. The van der Waals surface area contributed by atoms with Gasteiger partial charge in [-0.3, -0.25) is 0 Å². The summed E-state index contributed by atoms with van der Waals surface area (Å²) < 4.78 is 13.3. The van der Waals surface area contributed by atoms with Gasteiger partial charge in [0, 0.05) is 0 Å². The van der Waals surface area contributed by atoms with Crippen molar-refractivity contribution in [2.45, 2.75) is 18.2 Å². The highest BCUT2D eigenvalue weighted by Crippen LogP contribution is 2.10. The van der Waals surface area contributed by atoms with Crippen LogP contribution in [0.25, 0.3) is 0 Å². The van der Waals surface area contributed by atoms with Crippen LogP contribution in [0.5, 0.6) is 0 Å². The van der Waals surface area contributed by atoms with Crippen molar-refractivity contribution in [3.8, 4) is 0 Å². The molecule has 1 aromatic carbocycles. The molecule has 0 saturated heterocycles. The fourth-order valence-electron chi connectivity index (χ4n) is 1.05. The zero-order valence-electron chi connectivity index (χ0n) is 8.28. The van der Waals surface area contributed by atoms with Crippen molar-refractivity contribution >= 4 is 11.0 Å². The fraction of sp³-hybridized carbons (Fsp3) is 0.400. The van der Waals surface area contributed by atoms with Gasteiger partial charge in [-0.15, -0.1) is 0 Å². The lowest BCUT2D eigenvalue weighted by Gasteiger charge is -2.08. The molecule has 0 aliphatic rings. The average molecular weight is 197 g/mol. The molecule has 0 radical (unpaired) electrons. The van der Waals surface area contributed by atoms with Gasteiger partial charge in [-0.2, -0.15) is 0 Å². The zero-order valence-corrected chi connectivity index (χ0v) is 9.10. The van der Waals surface area contributed by atoms with E-state index in [2.05, 4.69) is 6.92 Å². The summed E-state index contributed by atoms with van der Waals surface area (Å²) >= 11 is 0. The first kappa shape index (κ1) is 10.4. The van der Waals surface area contributed by atoms with Crippen LogP contribution in [0.3, 0.4) is 0 Å². The summed E-state index contributed by atoms with van der Waals surface area (Å²) in [5.74, 6) is 0. The molecule has 0 saturated carbocycles. The number of benzene rings is 1. The molecule has 0 bridgehead atoms. The first-order chi connectivity index (χ1) is 6.15. The molecular formula is C10H15NOS. The number of hydrogen-bond donors (Lipinski definition) is 0. The zero-order chi connectivity index (χ0) is 9.84. The third-order valence-corrected chi connectivity index (χ3v) is 3.20. The van der Waals surface area contributed by atoms with E-state index < -0.39 is 11.0 Å². The molecule has 2 nitrogen and oxygen atoms in total. The van der Waals surface area contributed by atoms with E-state index in [4.69, 9.17) is 0 Å². The van der Waals surface area contributed by atoms with Gasteiger partial charge >= 0.3 is 0 Å². The highest BCUT2D eigenvalue weighted by Gasteiger charge is 2.04. The quantitative estimate of drug-likeness (QED) is 0.724. The van der Waals surface area contributed by atoms with Crippen molar-refractivity contribution in [2.24, 2.45) is 0 Å². The molecule has 0 aromatic heterocycles. The molecule has 0 spiro atoms. The molecule has 0 amide bonds. The van der Waals surface area contributed by atoms with E-state index in [1.54, 1.807) is 4.31 Å². The maximum Gasteiger partial charge on any atom is 0.127 e.